The summed E-state index contributed by atoms with van der Waals surface area (Å²) in [5.41, 5.74) is 0. The monoisotopic (exact) mass is 246 g/mol. The first-order valence-corrected chi connectivity index (χ1v) is 7.18. The van der Waals surface area contributed by atoms with Gasteiger partial charge in [-0.2, -0.15) is 11.8 Å². The number of nitrogens with one attached hydrogen (secondary N) is 1. The second-order valence-electron chi connectivity index (χ2n) is 4.03. The Morgan fingerprint density at radius 1 is 1.69 bits per heavy atom. The summed E-state index contributed by atoms with van der Waals surface area (Å²) >= 11 is 1.78. The van der Waals surface area contributed by atoms with Gasteiger partial charge in [-0.25, -0.2) is 0 Å². The Bertz CT molecular complexity index is 220. The zero-order valence-corrected chi connectivity index (χ0v) is 11.2. The Morgan fingerprint density at radius 3 is 2.94 bits per heavy atom. The van der Waals surface area contributed by atoms with Gasteiger partial charge in [-0.05, 0) is 12.7 Å². The van der Waals surface area contributed by atoms with Gasteiger partial charge in [0.1, 0.15) is 6.10 Å². The van der Waals surface area contributed by atoms with E-state index in [4.69, 9.17) is 4.74 Å². The highest BCUT2D eigenvalue weighted by atomic mass is 32.2. The molecular formula is C11H22N2O2S. The Kier molecular flexibility index (Phi) is 6.16. The quantitative estimate of drug-likeness (QED) is 0.770. The van der Waals surface area contributed by atoms with Gasteiger partial charge >= 0.3 is 0 Å². The summed E-state index contributed by atoms with van der Waals surface area (Å²) in [6.45, 7) is 4.22. The summed E-state index contributed by atoms with van der Waals surface area (Å²) in [5.74, 6) is 1.09. The molecule has 0 spiro atoms. The van der Waals surface area contributed by atoms with E-state index in [9.17, 15) is 4.79 Å². The molecule has 0 bridgehead atoms. The topological polar surface area (TPSA) is 41.6 Å². The molecule has 1 heterocycles. The second-order valence-corrected chi connectivity index (χ2v) is 4.94. The van der Waals surface area contributed by atoms with E-state index in [1.165, 1.54) is 0 Å². The molecular weight excluding hydrogens is 224 g/mol. The Morgan fingerprint density at radius 2 is 2.44 bits per heavy atom. The molecule has 16 heavy (non-hydrogen) atoms. The highest BCUT2D eigenvalue weighted by Gasteiger charge is 2.27. The van der Waals surface area contributed by atoms with Gasteiger partial charge in [0.25, 0.3) is 5.91 Å². The van der Waals surface area contributed by atoms with Crippen LogP contribution >= 0.6 is 11.8 Å². The molecule has 5 heteroatoms. The van der Waals surface area contributed by atoms with E-state index in [0.29, 0.717) is 19.2 Å². The van der Waals surface area contributed by atoms with Gasteiger partial charge in [0.15, 0.2) is 0 Å². The minimum absolute atomic E-state index is 0.105. The molecule has 1 fully saturated rings. The van der Waals surface area contributed by atoms with Crippen molar-refractivity contribution in [2.24, 2.45) is 0 Å². The number of nitrogens with zero attached hydrogens (tertiary/aromatic N) is 1. The van der Waals surface area contributed by atoms with Crippen molar-refractivity contribution in [2.45, 2.75) is 25.5 Å². The lowest BCUT2D eigenvalue weighted by atomic mass is 10.2. The van der Waals surface area contributed by atoms with Crippen LogP contribution in [0.5, 0.6) is 0 Å². The number of amides is 1. The van der Waals surface area contributed by atoms with Gasteiger partial charge in [-0.15, -0.1) is 0 Å². The van der Waals surface area contributed by atoms with Crippen molar-refractivity contribution in [3.63, 3.8) is 0 Å². The van der Waals surface area contributed by atoms with E-state index in [1.807, 2.05) is 11.9 Å². The van der Waals surface area contributed by atoms with Gasteiger partial charge in [0.05, 0.1) is 6.61 Å². The first-order chi connectivity index (χ1) is 7.70. The normalized spacial score (nSPS) is 22.8. The molecule has 0 aromatic rings. The number of morpholine rings is 1. The molecule has 2 atom stereocenters. The summed E-state index contributed by atoms with van der Waals surface area (Å²) in [6.07, 6.45) is 2.76. The van der Waals surface area contributed by atoms with Gasteiger partial charge in [-0.3, -0.25) is 4.79 Å². The molecule has 94 valence electrons. The van der Waals surface area contributed by atoms with Crippen molar-refractivity contribution in [3.05, 3.63) is 0 Å². The standard InChI is InChI=1S/C11H22N2O2S/c1-4-9(8-16-3)13(2)11(14)10-7-12-5-6-15-10/h9-10,12H,4-8H2,1-3H3. The average molecular weight is 246 g/mol. The molecule has 0 saturated carbocycles. The maximum Gasteiger partial charge on any atom is 0.253 e. The first kappa shape index (κ1) is 13.8. The average Bonchev–Trinajstić information content (AvgIpc) is 2.35. The van der Waals surface area contributed by atoms with Crippen LogP contribution < -0.4 is 5.32 Å². The molecule has 1 saturated heterocycles. The predicted molar refractivity (Wildman–Crippen MR) is 67.8 cm³/mol. The molecule has 2 unspecified atom stereocenters. The minimum atomic E-state index is -0.297. The van der Waals surface area contributed by atoms with Gasteiger partial charge < -0.3 is 15.0 Å². The first-order valence-electron chi connectivity index (χ1n) is 5.78. The third-order valence-electron chi connectivity index (χ3n) is 2.93. The molecule has 1 amide bonds. The number of hydrogen-bond donors (Lipinski definition) is 1. The zero-order valence-electron chi connectivity index (χ0n) is 10.4. The lowest BCUT2D eigenvalue weighted by molar-refractivity contribution is -0.145. The fourth-order valence-corrected chi connectivity index (χ4v) is 2.67. The van der Waals surface area contributed by atoms with Crippen LogP contribution in [0.15, 0.2) is 0 Å². The van der Waals surface area contributed by atoms with Crippen LogP contribution in [0.3, 0.4) is 0 Å². The molecule has 1 N–H and O–H groups in total. The largest absolute Gasteiger partial charge is 0.366 e. The molecule has 0 radical (unpaired) electrons. The van der Waals surface area contributed by atoms with Crippen molar-refractivity contribution in [2.75, 3.05) is 38.8 Å². The van der Waals surface area contributed by atoms with Crippen LogP contribution in [-0.2, 0) is 9.53 Å². The second kappa shape index (κ2) is 7.14. The molecule has 1 aliphatic heterocycles. The molecule has 0 aromatic carbocycles. The fourth-order valence-electron chi connectivity index (χ4n) is 1.83. The third kappa shape index (κ3) is 3.64. The number of likely N-dealkylation sites (N-methyl/N-ethyl adjacent to an activating group) is 1. The van der Waals surface area contributed by atoms with Crippen LogP contribution in [0.25, 0.3) is 0 Å². The summed E-state index contributed by atoms with van der Waals surface area (Å²) in [7, 11) is 1.88. The van der Waals surface area contributed by atoms with Crippen molar-refractivity contribution in [1.29, 1.82) is 0 Å². The summed E-state index contributed by atoms with van der Waals surface area (Å²) in [6, 6.07) is 0.313. The SMILES string of the molecule is CCC(CSC)N(C)C(=O)C1CNCCO1. The number of carbonyl (C=O) groups is 1. The third-order valence-corrected chi connectivity index (χ3v) is 3.65. The maximum absolute atomic E-state index is 12.1. The fraction of sp³-hybridized carbons (Fsp3) is 0.909. The number of ether oxygens (including phenoxy) is 1. The number of carbonyl (C=O) groups excluding carboxylic acids is 1. The maximum atomic E-state index is 12.1. The van der Waals surface area contributed by atoms with Gasteiger partial charge in [-0.1, -0.05) is 6.92 Å². The van der Waals surface area contributed by atoms with Crippen molar-refractivity contribution in [1.82, 2.24) is 10.2 Å². The zero-order chi connectivity index (χ0) is 12.0. The van der Waals surface area contributed by atoms with E-state index in [1.54, 1.807) is 11.8 Å². The highest BCUT2D eigenvalue weighted by molar-refractivity contribution is 7.98. The smallest absolute Gasteiger partial charge is 0.253 e. The van der Waals surface area contributed by atoms with Crippen molar-refractivity contribution < 1.29 is 9.53 Å². The van der Waals surface area contributed by atoms with Gasteiger partial charge in [0, 0.05) is 31.9 Å². The van der Waals surface area contributed by atoms with Gasteiger partial charge in [0.2, 0.25) is 0 Å². The van der Waals surface area contributed by atoms with E-state index < -0.39 is 0 Å². The molecule has 0 aromatic heterocycles. The Balaban J connectivity index is 2.49. The van der Waals surface area contributed by atoms with E-state index in [2.05, 4.69) is 18.5 Å². The summed E-state index contributed by atoms with van der Waals surface area (Å²) in [5, 5.41) is 3.18. The Labute approximate surface area is 102 Å². The summed E-state index contributed by atoms with van der Waals surface area (Å²) < 4.78 is 5.47. The lowest BCUT2D eigenvalue weighted by Crippen LogP contribution is -2.51. The summed E-state index contributed by atoms with van der Waals surface area (Å²) in [4.78, 5) is 14.0. The van der Waals surface area contributed by atoms with E-state index >= 15 is 0 Å². The van der Waals surface area contributed by atoms with Crippen LogP contribution in [0.4, 0.5) is 0 Å². The number of thioether (sulfide) groups is 1. The molecule has 1 aliphatic rings. The number of hydrogen-bond acceptors (Lipinski definition) is 4. The molecule has 4 nitrogen and oxygen atoms in total. The predicted octanol–water partition coefficient (Wildman–Crippen LogP) is 0.575. The van der Waals surface area contributed by atoms with E-state index in [-0.39, 0.29) is 12.0 Å². The highest BCUT2D eigenvalue weighted by Crippen LogP contribution is 2.11. The lowest BCUT2D eigenvalue weighted by Gasteiger charge is -2.32. The minimum Gasteiger partial charge on any atom is -0.366 e. The Hall–Kier alpha value is -0.260. The molecule has 1 rings (SSSR count). The van der Waals surface area contributed by atoms with Crippen LogP contribution in [0.1, 0.15) is 13.3 Å². The van der Waals surface area contributed by atoms with Crippen molar-refractivity contribution in [3.8, 4) is 0 Å². The van der Waals surface area contributed by atoms with Crippen LogP contribution in [-0.4, -0.2) is 61.7 Å². The van der Waals surface area contributed by atoms with Crippen LogP contribution in [0.2, 0.25) is 0 Å². The van der Waals surface area contributed by atoms with E-state index in [0.717, 1.165) is 18.7 Å². The number of rotatable bonds is 5. The van der Waals surface area contributed by atoms with Crippen molar-refractivity contribution >= 4 is 17.7 Å². The molecule has 0 aliphatic carbocycles. The van der Waals surface area contributed by atoms with Crippen LogP contribution in [0, 0.1) is 0 Å².